The average Bonchev–Trinajstić information content (AvgIpc) is 1.96. The van der Waals surface area contributed by atoms with Crippen molar-refractivity contribution in [3.05, 3.63) is 0 Å². The van der Waals surface area contributed by atoms with Crippen molar-refractivity contribution in [2.75, 3.05) is 14.1 Å². The maximum absolute atomic E-state index is 9.51. The SMILES string of the molecule is C[C@@H]1C[C@H](N(C)C)[C@@H](O)[C@H](O)O1.N. The van der Waals surface area contributed by atoms with E-state index in [1.165, 1.54) is 0 Å². The summed E-state index contributed by atoms with van der Waals surface area (Å²) in [6.07, 6.45) is -1.07. The molecule has 1 fully saturated rings. The highest BCUT2D eigenvalue weighted by atomic mass is 16.6. The Morgan fingerprint density at radius 3 is 2.31 bits per heavy atom. The minimum absolute atomic E-state index is 0. The number of nitrogens with zero attached hydrogens (tertiary/aromatic N) is 1. The molecule has 1 aliphatic rings. The highest BCUT2D eigenvalue weighted by Gasteiger charge is 2.35. The standard InChI is InChI=1S/C8H17NO3.H3N/c1-5-4-6(9(2)3)7(10)8(11)12-5;/h5-8,10-11H,4H2,1-3H3;1H3/t5-,6+,7-,8-;/m1./s1. The van der Waals surface area contributed by atoms with Crippen molar-refractivity contribution in [1.82, 2.24) is 11.1 Å². The molecule has 0 aromatic heterocycles. The van der Waals surface area contributed by atoms with E-state index in [2.05, 4.69) is 0 Å². The number of likely N-dealkylation sites (N-methyl/N-ethyl adjacent to an activating group) is 1. The molecular formula is C8H20N2O3. The summed E-state index contributed by atoms with van der Waals surface area (Å²) in [7, 11) is 3.78. The Morgan fingerprint density at radius 2 is 1.85 bits per heavy atom. The first-order chi connectivity index (χ1) is 5.52. The second kappa shape index (κ2) is 4.88. The molecule has 0 bridgehead atoms. The Bertz CT molecular complexity index is 154. The van der Waals surface area contributed by atoms with E-state index in [9.17, 15) is 10.2 Å². The number of hydrogen-bond donors (Lipinski definition) is 3. The fourth-order valence-corrected chi connectivity index (χ4v) is 1.56. The van der Waals surface area contributed by atoms with Crippen LogP contribution in [0.1, 0.15) is 13.3 Å². The van der Waals surface area contributed by atoms with Crippen LogP contribution in [0.2, 0.25) is 0 Å². The van der Waals surface area contributed by atoms with E-state index in [1.54, 1.807) is 0 Å². The molecule has 0 aliphatic carbocycles. The quantitative estimate of drug-likeness (QED) is 0.524. The summed E-state index contributed by atoms with van der Waals surface area (Å²) in [4.78, 5) is 1.91. The first-order valence-corrected chi connectivity index (χ1v) is 4.20. The van der Waals surface area contributed by atoms with Crippen LogP contribution in [0.4, 0.5) is 0 Å². The van der Waals surface area contributed by atoms with Gasteiger partial charge in [0.1, 0.15) is 6.10 Å². The van der Waals surface area contributed by atoms with Gasteiger partial charge in [-0.3, -0.25) is 0 Å². The van der Waals surface area contributed by atoms with E-state index < -0.39 is 12.4 Å². The van der Waals surface area contributed by atoms with Gasteiger partial charge >= 0.3 is 0 Å². The third-order valence-corrected chi connectivity index (χ3v) is 2.29. The van der Waals surface area contributed by atoms with Crippen LogP contribution in [-0.4, -0.2) is 53.7 Å². The molecule has 5 heteroatoms. The van der Waals surface area contributed by atoms with Gasteiger partial charge in [-0.1, -0.05) is 0 Å². The zero-order valence-corrected chi connectivity index (χ0v) is 8.47. The molecule has 0 unspecified atom stereocenters. The molecule has 0 aromatic carbocycles. The van der Waals surface area contributed by atoms with Gasteiger partial charge in [0, 0.05) is 6.04 Å². The van der Waals surface area contributed by atoms with Crippen LogP contribution in [0.3, 0.4) is 0 Å². The minimum atomic E-state index is -1.04. The lowest BCUT2D eigenvalue weighted by atomic mass is 9.99. The van der Waals surface area contributed by atoms with Crippen LogP contribution in [-0.2, 0) is 4.74 Å². The Hall–Kier alpha value is -0.200. The Kier molecular flexibility index (Phi) is 4.80. The monoisotopic (exact) mass is 192 g/mol. The molecular weight excluding hydrogens is 172 g/mol. The first kappa shape index (κ1) is 12.8. The van der Waals surface area contributed by atoms with Gasteiger partial charge in [0.2, 0.25) is 0 Å². The molecule has 0 radical (unpaired) electrons. The zero-order chi connectivity index (χ0) is 9.30. The van der Waals surface area contributed by atoms with Crippen molar-refractivity contribution in [3.8, 4) is 0 Å². The van der Waals surface area contributed by atoms with Crippen molar-refractivity contribution < 1.29 is 14.9 Å². The van der Waals surface area contributed by atoms with Crippen molar-refractivity contribution in [3.63, 3.8) is 0 Å². The van der Waals surface area contributed by atoms with Crippen LogP contribution in [0.25, 0.3) is 0 Å². The lowest BCUT2D eigenvalue weighted by Gasteiger charge is -2.38. The molecule has 1 rings (SSSR count). The predicted molar refractivity (Wildman–Crippen MR) is 49.7 cm³/mol. The van der Waals surface area contributed by atoms with E-state index >= 15 is 0 Å². The van der Waals surface area contributed by atoms with Crippen LogP contribution in [0, 0.1) is 0 Å². The fraction of sp³-hybridized carbons (Fsp3) is 1.00. The zero-order valence-electron chi connectivity index (χ0n) is 8.47. The third kappa shape index (κ3) is 2.89. The van der Waals surface area contributed by atoms with Crippen molar-refractivity contribution in [2.45, 2.75) is 37.9 Å². The minimum Gasteiger partial charge on any atom is -0.386 e. The summed E-state index contributed by atoms with van der Waals surface area (Å²) in [6.45, 7) is 1.89. The molecule has 0 spiro atoms. The maximum atomic E-state index is 9.51. The molecule has 1 saturated heterocycles. The van der Waals surface area contributed by atoms with Gasteiger partial charge in [0.15, 0.2) is 6.29 Å². The second-order valence-electron chi connectivity index (χ2n) is 3.59. The summed E-state index contributed by atoms with van der Waals surface area (Å²) < 4.78 is 5.06. The number of rotatable bonds is 1. The molecule has 5 N–H and O–H groups in total. The van der Waals surface area contributed by atoms with E-state index in [1.807, 2.05) is 25.9 Å². The summed E-state index contributed by atoms with van der Waals surface area (Å²) in [6, 6.07) is -0.0104. The average molecular weight is 192 g/mol. The van der Waals surface area contributed by atoms with Gasteiger partial charge in [0.25, 0.3) is 0 Å². The summed E-state index contributed by atoms with van der Waals surface area (Å²) in [5, 5.41) is 18.8. The van der Waals surface area contributed by atoms with Gasteiger partial charge in [0.05, 0.1) is 6.10 Å². The van der Waals surface area contributed by atoms with Crippen molar-refractivity contribution in [1.29, 1.82) is 0 Å². The Balaban J connectivity index is 0.00000144. The van der Waals surface area contributed by atoms with E-state index in [-0.39, 0.29) is 18.3 Å². The smallest absolute Gasteiger partial charge is 0.182 e. The van der Waals surface area contributed by atoms with E-state index in [0.717, 1.165) is 6.42 Å². The number of aliphatic hydroxyl groups is 2. The maximum Gasteiger partial charge on any atom is 0.182 e. The van der Waals surface area contributed by atoms with E-state index in [0.29, 0.717) is 0 Å². The summed E-state index contributed by atoms with van der Waals surface area (Å²) in [5.41, 5.74) is 0. The molecule has 0 aromatic rings. The molecule has 80 valence electrons. The van der Waals surface area contributed by atoms with Crippen LogP contribution in [0.5, 0.6) is 0 Å². The normalized spacial score (nSPS) is 40.2. The van der Waals surface area contributed by atoms with Crippen molar-refractivity contribution >= 4 is 0 Å². The Labute approximate surface area is 78.9 Å². The first-order valence-electron chi connectivity index (χ1n) is 4.20. The Morgan fingerprint density at radius 1 is 1.31 bits per heavy atom. The highest BCUT2D eigenvalue weighted by Crippen LogP contribution is 2.21. The van der Waals surface area contributed by atoms with Gasteiger partial charge in [-0.25, -0.2) is 0 Å². The summed E-state index contributed by atoms with van der Waals surface area (Å²) in [5.74, 6) is 0. The molecule has 13 heavy (non-hydrogen) atoms. The van der Waals surface area contributed by atoms with Gasteiger partial charge in [-0.05, 0) is 27.4 Å². The molecule has 0 amide bonds. The molecule has 4 atom stereocenters. The largest absolute Gasteiger partial charge is 0.386 e. The molecule has 1 heterocycles. The van der Waals surface area contributed by atoms with Gasteiger partial charge in [-0.15, -0.1) is 0 Å². The topological polar surface area (TPSA) is 87.9 Å². The highest BCUT2D eigenvalue weighted by molar-refractivity contribution is 4.84. The number of hydrogen-bond acceptors (Lipinski definition) is 5. The molecule has 0 saturated carbocycles. The van der Waals surface area contributed by atoms with Crippen LogP contribution in [0.15, 0.2) is 0 Å². The number of aliphatic hydroxyl groups excluding tert-OH is 2. The fourth-order valence-electron chi connectivity index (χ4n) is 1.56. The summed E-state index contributed by atoms with van der Waals surface area (Å²) >= 11 is 0. The van der Waals surface area contributed by atoms with E-state index in [4.69, 9.17) is 4.74 Å². The molecule has 1 aliphatic heterocycles. The third-order valence-electron chi connectivity index (χ3n) is 2.29. The predicted octanol–water partition coefficient (Wildman–Crippen LogP) is -0.433. The van der Waals surface area contributed by atoms with Crippen LogP contribution < -0.4 is 6.15 Å². The van der Waals surface area contributed by atoms with Gasteiger partial charge < -0.3 is 26.0 Å². The number of ether oxygens (including phenoxy) is 1. The lowest BCUT2D eigenvalue weighted by Crippen LogP contribution is -2.53. The second-order valence-corrected chi connectivity index (χ2v) is 3.59. The van der Waals surface area contributed by atoms with Crippen molar-refractivity contribution in [2.24, 2.45) is 0 Å². The van der Waals surface area contributed by atoms with Crippen LogP contribution >= 0.6 is 0 Å². The lowest BCUT2D eigenvalue weighted by molar-refractivity contribution is -0.230. The van der Waals surface area contributed by atoms with Gasteiger partial charge in [-0.2, -0.15) is 0 Å². The molecule has 5 nitrogen and oxygen atoms in total.